The summed E-state index contributed by atoms with van der Waals surface area (Å²) in [6.45, 7) is 3.85. The minimum Gasteiger partial charge on any atom is -0.377 e. The monoisotopic (exact) mass is 219 g/mol. The second-order valence-corrected chi connectivity index (χ2v) is 3.84. The van der Waals surface area contributed by atoms with Gasteiger partial charge in [-0.25, -0.2) is 4.79 Å². The summed E-state index contributed by atoms with van der Waals surface area (Å²) in [5, 5.41) is 2.85. The number of nitrogens with one attached hydrogen (secondary N) is 1. The second kappa shape index (κ2) is 4.99. The number of hydrogen-bond acceptors (Lipinski definition) is 2. The molecule has 1 unspecified atom stereocenters. The Morgan fingerprint density at radius 3 is 3.00 bits per heavy atom. The van der Waals surface area contributed by atoms with Crippen LogP contribution in [0.15, 0.2) is 24.3 Å². The van der Waals surface area contributed by atoms with Crippen molar-refractivity contribution in [1.29, 1.82) is 0 Å². The lowest BCUT2D eigenvalue weighted by Crippen LogP contribution is -2.48. The fraction of sp³-hybridized carbons (Fsp3) is 0.417. The maximum absolute atomic E-state index is 11.9. The predicted octanol–water partition coefficient (Wildman–Crippen LogP) is 1.74. The maximum Gasteiger partial charge on any atom is 0.322 e. The first-order valence-electron chi connectivity index (χ1n) is 5.39. The third-order valence-electron chi connectivity index (χ3n) is 2.60. The molecule has 2 rings (SSSR count). The highest BCUT2D eigenvalue weighted by atomic mass is 16.5. The smallest absolute Gasteiger partial charge is 0.322 e. The van der Waals surface area contributed by atoms with E-state index in [4.69, 9.17) is 4.74 Å². The summed E-state index contributed by atoms with van der Waals surface area (Å²) in [6.07, 6.45) is 0. The quantitative estimate of drug-likeness (QED) is 0.781. The Balaban J connectivity index is 1.97. The van der Waals surface area contributed by atoms with Crippen LogP contribution in [-0.4, -0.2) is 36.7 Å². The lowest BCUT2D eigenvalue weighted by molar-refractivity contribution is 0.0222. The molecule has 0 spiro atoms. The van der Waals surface area contributed by atoms with Crippen LogP contribution >= 0.6 is 0 Å². The summed E-state index contributed by atoms with van der Waals surface area (Å²) >= 11 is 0. The Bertz CT molecular complexity index is 353. The number of benzene rings is 1. The summed E-state index contributed by atoms with van der Waals surface area (Å²) in [4.78, 5) is 13.7. The van der Waals surface area contributed by atoms with E-state index in [1.165, 1.54) is 0 Å². The SMILES string of the molecule is CC1COCCN1C(=O)Nc1cc[c]cc1. The number of nitrogens with zero attached hydrogens (tertiary/aromatic N) is 1. The summed E-state index contributed by atoms with van der Waals surface area (Å²) in [5.41, 5.74) is 0.794. The Kier molecular flexibility index (Phi) is 3.41. The van der Waals surface area contributed by atoms with Crippen molar-refractivity contribution in [2.75, 3.05) is 25.1 Å². The van der Waals surface area contributed by atoms with Gasteiger partial charge in [0, 0.05) is 12.2 Å². The molecule has 2 amide bonds. The van der Waals surface area contributed by atoms with Crippen LogP contribution in [0, 0.1) is 6.07 Å². The summed E-state index contributed by atoms with van der Waals surface area (Å²) in [5.74, 6) is 0. The van der Waals surface area contributed by atoms with Gasteiger partial charge in [0.25, 0.3) is 0 Å². The normalized spacial score (nSPS) is 20.6. The molecule has 1 heterocycles. The molecule has 1 N–H and O–H groups in total. The number of ether oxygens (including phenoxy) is 1. The van der Waals surface area contributed by atoms with Crippen molar-refractivity contribution in [2.45, 2.75) is 13.0 Å². The van der Waals surface area contributed by atoms with Gasteiger partial charge in [-0.3, -0.25) is 0 Å². The Labute approximate surface area is 95.2 Å². The summed E-state index contributed by atoms with van der Waals surface area (Å²) < 4.78 is 5.29. The predicted molar refractivity (Wildman–Crippen MR) is 61.3 cm³/mol. The van der Waals surface area contributed by atoms with E-state index < -0.39 is 0 Å². The third-order valence-corrected chi connectivity index (χ3v) is 2.60. The van der Waals surface area contributed by atoms with Crippen LogP contribution in [-0.2, 0) is 4.74 Å². The number of anilines is 1. The largest absolute Gasteiger partial charge is 0.377 e. The molecule has 1 fully saturated rings. The zero-order chi connectivity index (χ0) is 11.4. The Morgan fingerprint density at radius 1 is 1.56 bits per heavy atom. The van der Waals surface area contributed by atoms with Gasteiger partial charge < -0.3 is 15.0 Å². The van der Waals surface area contributed by atoms with Crippen molar-refractivity contribution in [3.63, 3.8) is 0 Å². The zero-order valence-electron chi connectivity index (χ0n) is 9.27. The van der Waals surface area contributed by atoms with E-state index in [-0.39, 0.29) is 12.1 Å². The molecule has 16 heavy (non-hydrogen) atoms. The van der Waals surface area contributed by atoms with Crippen molar-refractivity contribution >= 4 is 11.7 Å². The topological polar surface area (TPSA) is 41.6 Å². The van der Waals surface area contributed by atoms with E-state index in [1.807, 2.05) is 19.1 Å². The molecule has 1 aromatic rings. The van der Waals surface area contributed by atoms with E-state index in [1.54, 1.807) is 17.0 Å². The molecule has 85 valence electrons. The van der Waals surface area contributed by atoms with Gasteiger partial charge in [0.05, 0.1) is 19.3 Å². The fourth-order valence-electron chi connectivity index (χ4n) is 1.69. The second-order valence-electron chi connectivity index (χ2n) is 3.84. The van der Waals surface area contributed by atoms with E-state index in [0.29, 0.717) is 19.8 Å². The highest BCUT2D eigenvalue weighted by Crippen LogP contribution is 2.10. The van der Waals surface area contributed by atoms with Crippen LogP contribution in [0.2, 0.25) is 0 Å². The van der Waals surface area contributed by atoms with Crippen LogP contribution in [0.3, 0.4) is 0 Å². The van der Waals surface area contributed by atoms with Crippen molar-refractivity contribution in [3.05, 3.63) is 30.3 Å². The molecular weight excluding hydrogens is 204 g/mol. The van der Waals surface area contributed by atoms with Crippen molar-refractivity contribution in [3.8, 4) is 0 Å². The molecule has 4 heteroatoms. The molecule has 4 nitrogen and oxygen atoms in total. The van der Waals surface area contributed by atoms with Gasteiger partial charge in [-0.2, -0.15) is 0 Å². The number of carbonyl (C=O) groups excluding carboxylic acids is 1. The number of amides is 2. The van der Waals surface area contributed by atoms with E-state index in [2.05, 4.69) is 11.4 Å². The van der Waals surface area contributed by atoms with Crippen molar-refractivity contribution in [1.82, 2.24) is 4.90 Å². The van der Waals surface area contributed by atoms with Crippen LogP contribution in [0.5, 0.6) is 0 Å². The van der Waals surface area contributed by atoms with Gasteiger partial charge in [-0.05, 0) is 25.1 Å². The third kappa shape index (κ3) is 2.52. The molecule has 0 saturated carbocycles. The molecule has 1 radical (unpaired) electrons. The van der Waals surface area contributed by atoms with Crippen LogP contribution in [0.25, 0.3) is 0 Å². The Morgan fingerprint density at radius 2 is 2.31 bits per heavy atom. The number of carbonyl (C=O) groups is 1. The minimum atomic E-state index is -0.0676. The molecule has 0 bridgehead atoms. The van der Waals surface area contributed by atoms with Crippen molar-refractivity contribution in [2.24, 2.45) is 0 Å². The number of urea groups is 1. The average molecular weight is 219 g/mol. The lowest BCUT2D eigenvalue weighted by atomic mass is 10.2. The van der Waals surface area contributed by atoms with Gasteiger partial charge >= 0.3 is 6.03 Å². The summed E-state index contributed by atoms with van der Waals surface area (Å²) in [6, 6.07) is 10.2. The number of rotatable bonds is 1. The first-order valence-corrected chi connectivity index (χ1v) is 5.39. The molecule has 1 atom stereocenters. The summed E-state index contributed by atoms with van der Waals surface area (Å²) in [7, 11) is 0. The Hall–Kier alpha value is -1.55. The van der Waals surface area contributed by atoms with Gasteiger partial charge in [0.2, 0.25) is 0 Å². The van der Waals surface area contributed by atoms with Gasteiger partial charge in [0.1, 0.15) is 0 Å². The molecule has 0 aromatic heterocycles. The molecule has 0 aliphatic carbocycles. The zero-order valence-corrected chi connectivity index (χ0v) is 9.27. The van der Waals surface area contributed by atoms with Crippen LogP contribution < -0.4 is 5.32 Å². The van der Waals surface area contributed by atoms with E-state index in [9.17, 15) is 4.79 Å². The molecule has 1 saturated heterocycles. The molecule has 1 aliphatic rings. The lowest BCUT2D eigenvalue weighted by Gasteiger charge is -2.33. The highest BCUT2D eigenvalue weighted by molar-refractivity contribution is 5.89. The van der Waals surface area contributed by atoms with Crippen LogP contribution in [0.1, 0.15) is 6.92 Å². The van der Waals surface area contributed by atoms with Gasteiger partial charge in [0.15, 0.2) is 0 Å². The molecule has 1 aliphatic heterocycles. The first kappa shape index (κ1) is 11.0. The molecular formula is C12H15N2O2. The van der Waals surface area contributed by atoms with Gasteiger partial charge in [-0.1, -0.05) is 12.1 Å². The number of hydrogen-bond donors (Lipinski definition) is 1. The van der Waals surface area contributed by atoms with Crippen LogP contribution in [0.4, 0.5) is 10.5 Å². The highest BCUT2D eigenvalue weighted by Gasteiger charge is 2.23. The van der Waals surface area contributed by atoms with E-state index >= 15 is 0 Å². The standard InChI is InChI=1S/C12H15N2O2/c1-10-9-16-8-7-14(10)12(15)13-11-5-3-2-4-6-11/h3-6,10H,7-9H2,1H3,(H,13,15). The van der Waals surface area contributed by atoms with Crippen molar-refractivity contribution < 1.29 is 9.53 Å². The minimum absolute atomic E-state index is 0.0676. The molecule has 1 aromatic carbocycles. The van der Waals surface area contributed by atoms with E-state index in [0.717, 1.165) is 5.69 Å². The number of morpholine rings is 1. The van der Waals surface area contributed by atoms with Gasteiger partial charge in [-0.15, -0.1) is 0 Å². The first-order chi connectivity index (χ1) is 7.77. The fourth-order valence-corrected chi connectivity index (χ4v) is 1.69. The average Bonchev–Trinajstić information content (AvgIpc) is 2.31. The maximum atomic E-state index is 11.9.